The molecule has 0 aliphatic carbocycles. The van der Waals surface area contributed by atoms with Gasteiger partial charge in [-0.15, -0.1) is 11.3 Å². The number of hydrogen-bond acceptors (Lipinski definition) is 5. The highest BCUT2D eigenvalue weighted by molar-refractivity contribution is 9.10. The largest absolute Gasteiger partial charge is 0.383 e. The van der Waals surface area contributed by atoms with Crippen molar-refractivity contribution in [3.05, 3.63) is 44.1 Å². The van der Waals surface area contributed by atoms with Crippen LogP contribution in [0.2, 0.25) is 0 Å². The normalized spacial score (nSPS) is 12.6. The minimum absolute atomic E-state index is 0.0113. The maximum Gasteiger partial charge on any atom is 0.116 e. The Hall–Kier alpha value is -0.820. The molecule has 2 rings (SSSR count). The van der Waals surface area contributed by atoms with Crippen LogP contribution in [-0.4, -0.2) is 30.2 Å². The van der Waals surface area contributed by atoms with E-state index in [-0.39, 0.29) is 6.04 Å². The van der Waals surface area contributed by atoms with Crippen LogP contribution in [0.5, 0.6) is 0 Å². The molecule has 2 aromatic rings. The van der Waals surface area contributed by atoms with Crippen LogP contribution in [0, 0.1) is 6.92 Å². The van der Waals surface area contributed by atoms with Crippen molar-refractivity contribution >= 4 is 27.3 Å². The second kappa shape index (κ2) is 7.98. The lowest BCUT2D eigenvalue weighted by atomic mass is 10.2. The first-order valence-corrected chi connectivity index (χ1v) is 8.56. The molecule has 1 unspecified atom stereocenters. The van der Waals surface area contributed by atoms with Gasteiger partial charge in [-0.1, -0.05) is 6.92 Å². The molecule has 114 valence electrons. The monoisotopic (exact) mass is 369 g/mol. The molecular weight excluding hydrogens is 350 g/mol. The molecule has 0 radical (unpaired) electrons. The van der Waals surface area contributed by atoms with Crippen molar-refractivity contribution in [3.63, 3.8) is 0 Å². The zero-order valence-electron chi connectivity index (χ0n) is 12.5. The summed E-state index contributed by atoms with van der Waals surface area (Å²) >= 11 is 5.16. The highest BCUT2D eigenvalue weighted by Gasteiger charge is 2.20. The maximum atomic E-state index is 5.13. The van der Waals surface area contributed by atoms with Crippen molar-refractivity contribution in [2.45, 2.75) is 26.3 Å². The van der Waals surface area contributed by atoms with Gasteiger partial charge in [0.1, 0.15) is 11.0 Å². The zero-order valence-corrected chi connectivity index (χ0v) is 14.9. The van der Waals surface area contributed by atoms with Gasteiger partial charge in [-0.25, -0.2) is 4.98 Å². The number of aryl methyl sites for hydroxylation is 2. The molecule has 0 amide bonds. The molecule has 0 fully saturated rings. The number of nitrogens with one attached hydrogen (secondary N) is 1. The maximum absolute atomic E-state index is 5.13. The Morgan fingerprint density at radius 2 is 2.24 bits per heavy atom. The summed E-state index contributed by atoms with van der Waals surface area (Å²) in [7, 11) is 1.71. The average Bonchev–Trinajstić information content (AvgIpc) is 2.86. The summed E-state index contributed by atoms with van der Waals surface area (Å²) in [5.41, 5.74) is 2.15. The van der Waals surface area contributed by atoms with E-state index in [9.17, 15) is 0 Å². The summed E-state index contributed by atoms with van der Waals surface area (Å²) in [5, 5.41) is 4.55. The Morgan fingerprint density at radius 3 is 2.81 bits per heavy atom. The van der Waals surface area contributed by atoms with Gasteiger partial charge in [-0.2, -0.15) is 0 Å². The highest BCUT2D eigenvalue weighted by Crippen LogP contribution is 2.28. The molecule has 2 aromatic heterocycles. The first-order valence-electron chi connectivity index (χ1n) is 6.95. The van der Waals surface area contributed by atoms with Crippen LogP contribution in [0.15, 0.2) is 22.8 Å². The van der Waals surface area contributed by atoms with E-state index in [1.807, 2.05) is 18.3 Å². The lowest BCUT2D eigenvalue weighted by Crippen LogP contribution is -2.26. The molecule has 21 heavy (non-hydrogen) atoms. The third kappa shape index (κ3) is 4.32. The quantitative estimate of drug-likeness (QED) is 0.758. The van der Waals surface area contributed by atoms with Gasteiger partial charge in [0.25, 0.3) is 0 Å². The van der Waals surface area contributed by atoms with Gasteiger partial charge >= 0.3 is 0 Å². The van der Waals surface area contributed by atoms with E-state index in [1.54, 1.807) is 18.4 Å². The topological polar surface area (TPSA) is 47.0 Å². The Kier molecular flexibility index (Phi) is 6.29. The van der Waals surface area contributed by atoms with E-state index in [1.165, 1.54) is 10.6 Å². The Labute approximate surface area is 138 Å². The third-order valence-electron chi connectivity index (χ3n) is 3.19. The number of thiazole rings is 1. The summed E-state index contributed by atoms with van der Waals surface area (Å²) in [6.45, 7) is 5.69. The minimum atomic E-state index is 0.0113. The lowest BCUT2D eigenvalue weighted by Gasteiger charge is -2.16. The number of methoxy groups -OCH3 is 1. The smallest absolute Gasteiger partial charge is 0.116 e. The number of aromatic nitrogens is 2. The fourth-order valence-corrected chi connectivity index (χ4v) is 3.42. The molecule has 2 heterocycles. The molecule has 4 nitrogen and oxygen atoms in total. The summed E-state index contributed by atoms with van der Waals surface area (Å²) < 4.78 is 6.10. The number of ether oxygens (including phenoxy) is 1. The number of pyridine rings is 1. The predicted molar refractivity (Wildman–Crippen MR) is 89.9 cm³/mol. The number of hydrogen-bond donors (Lipinski definition) is 1. The van der Waals surface area contributed by atoms with Crippen LogP contribution in [0.4, 0.5) is 0 Å². The molecule has 0 spiro atoms. The highest BCUT2D eigenvalue weighted by atomic mass is 79.9. The molecule has 0 aliphatic heterocycles. The van der Waals surface area contributed by atoms with Gasteiger partial charge in [0.2, 0.25) is 0 Å². The van der Waals surface area contributed by atoms with Crippen molar-refractivity contribution in [3.8, 4) is 0 Å². The van der Waals surface area contributed by atoms with Gasteiger partial charge < -0.3 is 10.1 Å². The SMILES string of the molecule is CCc1nc(C(NCCOC)c2ccc(Br)cn2)sc1C. The second-order valence-corrected chi connectivity index (χ2v) is 6.84. The van der Waals surface area contributed by atoms with Crippen molar-refractivity contribution in [2.75, 3.05) is 20.3 Å². The first kappa shape index (κ1) is 16.5. The van der Waals surface area contributed by atoms with Crippen molar-refractivity contribution in [2.24, 2.45) is 0 Å². The lowest BCUT2D eigenvalue weighted by molar-refractivity contribution is 0.197. The van der Waals surface area contributed by atoms with Crippen LogP contribution in [0.25, 0.3) is 0 Å². The first-order chi connectivity index (χ1) is 10.2. The fourth-order valence-electron chi connectivity index (χ4n) is 2.08. The number of rotatable bonds is 7. The minimum Gasteiger partial charge on any atom is -0.383 e. The molecular formula is C15H20BrN3OS. The van der Waals surface area contributed by atoms with E-state index in [2.05, 4.69) is 40.1 Å². The van der Waals surface area contributed by atoms with E-state index in [4.69, 9.17) is 9.72 Å². The Balaban J connectivity index is 2.27. The van der Waals surface area contributed by atoms with Gasteiger partial charge in [0.15, 0.2) is 0 Å². The van der Waals surface area contributed by atoms with Crippen molar-refractivity contribution in [1.82, 2.24) is 15.3 Å². The molecule has 0 saturated heterocycles. The zero-order chi connectivity index (χ0) is 15.2. The Bertz CT molecular complexity index is 571. The van der Waals surface area contributed by atoms with Crippen LogP contribution in [0.1, 0.15) is 34.2 Å². The number of halogens is 1. The van der Waals surface area contributed by atoms with Crippen LogP contribution in [0.3, 0.4) is 0 Å². The molecule has 0 bridgehead atoms. The van der Waals surface area contributed by atoms with E-state index >= 15 is 0 Å². The Morgan fingerprint density at radius 1 is 1.43 bits per heavy atom. The van der Waals surface area contributed by atoms with Crippen molar-refractivity contribution < 1.29 is 4.74 Å². The average molecular weight is 370 g/mol. The summed E-state index contributed by atoms with van der Waals surface area (Å²) in [4.78, 5) is 10.6. The summed E-state index contributed by atoms with van der Waals surface area (Å²) in [6, 6.07) is 4.04. The number of nitrogens with zero attached hydrogens (tertiary/aromatic N) is 2. The molecule has 0 aliphatic rings. The fraction of sp³-hybridized carbons (Fsp3) is 0.467. The van der Waals surface area contributed by atoms with E-state index < -0.39 is 0 Å². The molecule has 0 aromatic carbocycles. The molecule has 0 saturated carbocycles. The van der Waals surface area contributed by atoms with Gasteiger partial charge in [0, 0.05) is 29.2 Å². The summed E-state index contributed by atoms with van der Waals surface area (Å²) in [5.74, 6) is 0. The van der Waals surface area contributed by atoms with Crippen LogP contribution < -0.4 is 5.32 Å². The van der Waals surface area contributed by atoms with Gasteiger partial charge in [0.05, 0.1) is 18.0 Å². The second-order valence-electron chi connectivity index (χ2n) is 4.69. The van der Waals surface area contributed by atoms with Crippen molar-refractivity contribution in [1.29, 1.82) is 0 Å². The molecule has 1 N–H and O–H groups in total. The standard InChI is InChI=1S/C15H20BrN3OS/c1-4-12-10(2)21-15(19-12)14(17-7-8-20-3)13-6-5-11(16)9-18-13/h5-6,9,14,17H,4,7-8H2,1-3H3. The predicted octanol–water partition coefficient (Wildman–Crippen LogP) is 3.50. The summed E-state index contributed by atoms with van der Waals surface area (Å²) in [6.07, 6.45) is 2.78. The van der Waals surface area contributed by atoms with E-state index in [0.717, 1.165) is 28.1 Å². The van der Waals surface area contributed by atoms with Crippen LogP contribution >= 0.6 is 27.3 Å². The van der Waals surface area contributed by atoms with E-state index in [0.29, 0.717) is 6.61 Å². The molecule has 1 atom stereocenters. The van der Waals surface area contributed by atoms with Gasteiger partial charge in [-0.05, 0) is 41.4 Å². The molecule has 6 heteroatoms. The third-order valence-corrected chi connectivity index (χ3v) is 4.74. The van der Waals surface area contributed by atoms with Gasteiger partial charge in [-0.3, -0.25) is 4.98 Å². The van der Waals surface area contributed by atoms with Crippen LogP contribution in [-0.2, 0) is 11.2 Å².